The number of piperidine rings is 1. The highest BCUT2D eigenvalue weighted by Gasteiger charge is 2.70. The van der Waals surface area contributed by atoms with Crippen LogP contribution >= 0.6 is 23.2 Å². The molecule has 0 bridgehead atoms. The van der Waals surface area contributed by atoms with E-state index in [2.05, 4.69) is 5.16 Å². The van der Waals surface area contributed by atoms with Crippen LogP contribution in [-0.4, -0.2) is 42.0 Å². The van der Waals surface area contributed by atoms with Crippen molar-refractivity contribution >= 4 is 35.5 Å². The Bertz CT molecular complexity index is 637. The van der Waals surface area contributed by atoms with Gasteiger partial charge in [-0.05, 0) is 30.5 Å². The molecular weight excluding hydrogens is 327 g/mol. The summed E-state index contributed by atoms with van der Waals surface area (Å²) in [7, 11) is 0. The monoisotopic (exact) mass is 342 g/mol. The second-order valence-corrected chi connectivity index (χ2v) is 6.45. The van der Waals surface area contributed by atoms with E-state index in [1.54, 1.807) is 12.3 Å². The standard InChI is InChI=1S/C15H16Cl2N2O3/c1-2-22-18-6-10-11-7-19(14(20)21)8-15(10,11)9-3-4-12(16)13(17)5-9/h3-6,10-11H,2,7-8H2,1H3,(H,20,21). The fraction of sp³-hybridized carbons (Fsp3) is 0.467. The highest BCUT2D eigenvalue weighted by molar-refractivity contribution is 6.42. The summed E-state index contributed by atoms with van der Waals surface area (Å²) in [5, 5.41) is 14.2. The van der Waals surface area contributed by atoms with Crippen LogP contribution in [0.25, 0.3) is 0 Å². The Labute approximate surface area is 138 Å². The SMILES string of the molecule is CCON=CC1C2CN(C(=O)O)CC12c1ccc(Cl)c(Cl)c1. The predicted octanol–water partition coefficient (Wildman–Crippen LogP) is 3.49. The normalized spacial score (nSPS) is 29.7. The fourth-order valence-corrected chi connectivity index (χ4v) is 3.81. The number of hydrogen-bond donors (Lipinski definition) is 1. The third kappa shape index (κ3) is 2.32. The van der Waals surface area contributed by atoms with Gasteiger partial charge in [0.15, 0.2) is 0 Å². The number of likely N-dealkylation sites (tertiary alicyclic amines) is 1. The van der Waals surface area contributed by atoms with Crippen molar-refractivity contribution in [2.24, 2.45) is 17.0 Å². The molecular formula is C15H16Cl2N2O3. The number of amides is 1. The lowest BCUT2D eigenvalue weighted by molar-refractivity contribution is 0.147. The summed E-state index contributed by atoms with van der Waals surface area (Å²) >= 11 is 12.1. The lowest BCUT2D eigenvalue weighted by Crippen LogP contribution is -2.33. The molecule has 1 aliphatic heterocycles. The zero-order chi connectivity index (χ0) is 15.9. The molecule has 1 amide bonds. The third-order valence-corrected chi connectivity index (χ3v) is 5.34. The van der Waals surface area contributed by atoms with Crippen molar-refractivity contribution in [3.05, 3.63) is 33.8 Å². The first kappa shape index (κ1) is 15.4. The van der Waals surface area contributed by atoms with Crippen LogP contribution in [0.3, 0.4) is 0 Å². The van der Waals surface area contributed by atoms with Gasteiger partial charge in [-0.1, -0.05) is 34.4 Å². The van der Waals surface area contributed by atoms with Crippen LogP contribution in [0.4, 0.5) is 4.79 Å². The lowest BCUT2D eigenvalue weighted by Gasteiger charge is -2.21. The van der Waals surface area contributed by atoms with E-state index in [4.69, 9.17) is 28.0 Å². The van der Waals surface area contributed by atoms with Gasteiger partial charge in [0.1, 0.15) is 6.61 Å². The second-order valence-electron chi connectivity index (χ2n) is 5.64. The van der Waals surface area contributed by atoms with Gasteiger partial charge in [0.05, 0.1) is 10.0 Å². The Morgan fingerprint density at radius 1 is 1.55 bits per heavy atom. The maximum atomic E-state index is 11.2. The van der Waals surface area contributed by atoms with E-state index in [0.29, 0.717) is 29.7 Å². The number of carbonyl (C=O) groups is 1. The molecule has 5 nitrogen and oxygen atoms in total. The molecule has 1 aromatic rings. The van der Waals surface area contributed by atoms with Crippen LogP contribution in [0.5, 0.6) is 0 Å². The van der Waals surface area contributed by atoms with Crippen molar-refractivity contribution in [3.63, 3.8) is 0 Å². The molecule has 1 aliphatic carbocycles. The van der Waals surface area contributed by atoms with Gasteiger partial charge in [0, 0.05) is 30.6 Å². The summed E-state index contributed by atoms with van der Waals surface area (Å²) in [6.45, 7) is 3.31. The van der Waals surface area contributed by atoms with Gasteiger partial charge in [-0.2, -0.15) is 0 Å². The molecule has 1 saturated carbocycles. The molecule has 1 saturated heterocycles. The summed E-state index contributed by atoms with van der Waals surface area (Å²) < 4.78 is 0. The number of benzene rings is 1. The Morgan fingerprint density at radius 3 is 2.95 bits per heavy atom. The highest BCUT2D eigenvalue weighted by atomic mass is 35.5. The van der Waals surface area contributed by atoms with Crippen molar-refractivity contribution < 1.29 is 14.7 Å². The largest absolute Gasteiger partial charge is 0.465 e. The van der Waals surface area contributed by atoms with E-state index in [1.165, 1.54) is 4.90 Å². The summed E-state index contributed by atoms with van der Waals surface area (Å²) in [6, 6.07) is 5.50. The molecule has 3 unspecified atom stereocenters. The van der Waals surface area contributed by atoms with Crippen molar-refractivity contribution in [2.75, 3.05) is 19.7 Å². The quantitative estimate of drug-likeness (QED) is 0.672. The number of halogens is 2. The Balaban J connectivity index is 1.91. The summed E-state index contributed by atoms with van der Waals surface area (Å²) in [5.74, 6) is 0.358. The molecule has 3 rings (SSSR count). The third-order valence-electron chi connectivity index (χ3n) is 4.60. The van der Waals surface area contributed by atoms with E-state index in [0.717, 1.165) is 5.56 Å². The van der Waals surface area contributed by atoms with Crippen LogP contribution in [0.2, 0.25) is 10.0 Å². The van der Waals surface area contributed by atoms with Gasteiger partial charge in [0.2, 0.25) is 0 Å². The molecule has 0 spiro atoms. The van der Waals surface area contributed by atoms with Crippen LogP contribution in [0, 0.1) is 11.8 Å². The number of nitrogens with zero attached hydrogens (tertiary/aromatic N) is 2. The van der Waals surface area contributed by atoms with Gasteiger partial charge < -0.3 is 14.8 Å². The van der Waals surface area contributed by atoms with Gasteiger partial charge in [0.25, 0.3) is 0 Å². The summed E-state index contributed by atoms with van der Waals surface area (Å²) in [5.41, 5.74) is 0.733. The van der Waals surface area contributed by atoms with E-state index in [9.17, 15) is 9.90 Å². The van der Waals surface area contributed by atoms with Crippen LogP contribution in [-0.2, 0) is 10.3 Å². The zero-order valence-corrected chi connectivity index (χ0v) is 13.5. The molecule has 1 N–H and O–H groups in total. The summed E-state index contributed by atoms with van der Waals surface area (Å²) in [4.78, 5) is 17.7. The topological polar surface area (TPSA) is 62.1 Å². The van der Waals surface area contributed by atoms with Crippen molar-refractivity contribution in [1.29, 1.82) is 0 Å². The number of fused-ring (bicyclic) bond motifs is 1. The van der Waals surface area contributed by atoms with E-state index in [1.807, 2.05) is 19.1 Å². The van der Waals surface area contributed by atoms with Crippen LogP contribution in [0.15, 0.2) is 23.4 Å². The minimum absolute atomic E-state index is 0.159. The molecule has 22 heavy (non-hydrogen) atoms. The molecule has 0 aromatic heterocycles. The molecule has 1 aromatic carbocycles. The van der Waals surface area contributed by atoms with Crippen molar-refractivity contribution in [2.45, 2.75) is 12.3 Å². The highest BCUT2D eigenvalue weighted by Crippen LogP contribution is 2.63. The van der Waals surface area contributed by atoms with Crippen molar-refractivity contribution in [3.8, 4) is 0 Å². The minimum atomic E-state index is -0.896. The second kappa shape index (κ2) is 5.63. The zero-order valence-electron chi connectivity index (χ0n) is 12.0. The summed E-state index contributed by atoms with van der Waals surface area (Å²) in [6.07, 6.45) is 0.891. The number of rotatable bonds is 4. The average Bonchev–Trinajstić information content (AvgIpc) is 2.90. The van der Waals surface area contributed by atoms with Crippen molar-refractivity contribution in [1.82, 2.24) is 4.90 Å². The van der Waals surface area contributed by atoms with E-state index in [-0.39, 0.29) is 17.3 Å². The molecule has 2 fully saturated rings. The predicted molar refractivity (Wildman–Crippen MR) is 84.8 cm³/mol. The van der Waals surface area contributed by atoms with Gasteiger partial charge in [-0.3, -0.25) is 0 Å². The minimum Gasteiger partial charge on any atom is -0.465 e. The molecule has 118 valence electrons. The maximum absolute atomic E-state index is 11.2. The molecule has 7 heteroatoms. The maximum Gasteiger partial charge on any atom is 0.407 e. The number of hydrogen-bond acceptors (Lipinski definition) is 3. The molecule has 2 aliphatic rings. The van der Waals surface area contributed by atoms with Crippen LogP contribution < -0.4 is 0 Å². The Morgan fingerprint density at radius 2 is 2.32 bits per heavy atom. The average molecular weight is 343 g/mol. The number of carboxylic acid groups (broad SMARTS) is 1. The first-order valence-electron chi connectivity index (χ1n) is 7.09. The van der Waals surface area contributed by atoms with Gasteiger partial charge >= 0.3 is 6.09 Å². The first-order chi connectivity index (χ1) is 10.5. The lowest BCUT2D eigenvalue weighted by atomic mass is 9.93. The number of oxime groups is 1. The van der Waals surface area contributed by atoms with E-state index >= 15 is 0 Å². The van der Waals surface area contributed by atoms with Crippen LogP contribution in [0.1, 0.15) is 12.5 Å². The molecule has 1 heterocycles. The van der Waals surface area contributed by atoms with Gasteiger partial charge in [-0.15, -0.1) is 0 Å². The molecule has 3 atom stereocenters. The fourth-order valence-electron chi connectivity index (χ4n) is 3.52. The Kier molecular flexibility index (Phi) is 3.95. The Hall–Kier alpha value is -1.46. The van der Waals surface area contributed by atoms with E-state index < -0.39 is 6.09 Å². The first-order valence-corrected chi connectivity index (χ1v) is 7.85. The van der Waals surface area contributed by atoms with Gasteiger partial charge in [-0.25, -0.2) is 4.79 Å². The smallest absolute Gasteiger partial charge is 0.407 e. The molecule has 0 radical (unpaired) electrons.